The van der Waals surface area contributed by atoms with E-state index < -0.39 is 0 Å². The Hall–Kier alpha value is -0.0800. The predicted octanol–water partition coefficient (Wildman–Crippen LogP) is 10.5. The SMILES string of the molecule is CCCCCCCCCCC1CCC(N)CC1.CCCCCCCCCCCC1CCC(N)CC1. The summed E-state index contributed by atoms with van der Waals surface area (Å²) in [5.41, 5.74) is 11.9. The highest BCUT2D eigenvalue weighted by Gasteiger charge is 2.18. The molecule has 0 amide bonds. The zero-order valence-corrected chi connectivity index (χ0v) is 24.6. The normalized spacial score (nSPS) is 24.7. The van der Waals surface area contributed by atoms with Gasteiger partial charge in [0, 0.05) is 12.1 Å². The molecular weight excluding hydrogens is 424 g/mol. The molecule has 0 spiro atoms. The summed E-state index contributed by atoms with van der Waals surface area (Å²) in [4.78, 5) is 0. The summed E-state index contributed by atoms with van der Waals surface area (Å²) < 4.78 is 0. The monoisotopic (exact) mass is 493 g/mol. The van der Waals surface area contributed by atoms with E-state index in [0.717, 1.165) is 11.8 Å². The fourth-order valence-corrected chi connectivity index (χ4v) is 6.26. The number of unbranched alkanes of at least 4 members (excludes halogenated alkanes) is 15. The van der Waals surface area contributed by atoms with Crippen LogP contribution in [0.5, 0.6) is 0 Å². The summed E-state index contributed by atoms with van der Waals surface area (Å²) in [6, 6.07) is 1.04. The van der Waals surface area contributed by atoms with E-state index >= 15 is 0 Å². The third kappa shape index (κ3) is 20.6. The second-order valence-corrected chi connectivity index (χ2v) is 12.4. The van der Waals surface area contributed by atoms with Gasteiger partial charge < -0.3 is 11.5 Å². The fraction of sp³-hybridized carbons (Fsp3) is 1.00. The topological polar surface area (TPSA) is 52.0 Å². The third-order valence-electron chi connectivity index (χ3n) is 8.96. The summed E-state index contributed by atoms with van der Waals surface area (Å²) in [5, 5.41) is 0. The smallest absolute Gasteiger partial charge is 0.00390 e. The molecule has 0 atom stereocenters. The molecule has 0 saturated heterocycles. The second-order valence-electron chi connectivity index (χ2n) is 12.4. The van der Waals surface area contributed by atoms with Crippen molar-refractivity contribution < 1.29 is 0 Å². The molecule has 2 nitrogen and oxygen atoms in total. The van der Waals surface area contributed by atoms with Crippen molar-refractivity contribution in [1.29, 1.82) is 0 Å². The van der Waals surface area contributed by atoms with Gasteiger partial charge in [-0.05, 0) is 63.2 Å². The molecule has 0 aromatic heterocycles. The number of hydrogen-bond donors (Lipinski definition) is 2. The van der Waals surface area contributed by atoms with Gasteiger partial charge in [0.25, 0.3) is 0 Å². The number of nitrogens with two attached hydrogens (primary N) is 2. The minimum absolute atomic E-state index is 0.518. The van der Waals surface area contributed by atoms with Crippen molar-refractivity contribution in [2.24, 2.45) is 23.3 Å². The van der Waals surface area contributed by atoms with Gasteiger partial charge in [-0.15, -0.1) is 0 Å². The molecule has 0 aromatic rings. The van der Waals surface area contributed by atoms with Crippen molar-refractivity contribution in [3.8, 4) is 0 Å². The summed E-state index contributed by atoms with van der Waals surface area (Å²) in [6.45, 7) is 4.58. The largest absolute Gasteiger partial charge is 0.328 e. The Morgan fingerprint density at radius 1 is 0.371 bits per heavy atom. The lowest BCUT2D eigenvalue weighted by Crippen LogP contribution is -2.26. The Kier molecular flexibility index (Phi) is 22.8. The van der Waals surface area contributed by atoms with E-state index in [9.17, 15) is 0 Å². The molecule has 4 N–H and O–H groups in total. The van der Waals surface area contributed by atoms with Gasteiger partial charge in [0.2, 0.25) is 0 Å². The molecule has 0 heterocycles. The van der Waals surface area contributed by atoms with Gasteiger partial charge in [-0.25, -0.2) is 0 Å². The van der Waals surface area contributed by atoms with E-state index in [2.05, 4.69) is 13.8 Å². The molecule has 2 aliphatic rings. The molecule has 0 aromatic carbocycles. The standard InChI is InChI=1S/C17H35N.C16H33N/c1-2-3-4-5-6-7-8-9-10-11-16-12-14-17(18)15-13-16;1-2-3-4-5-6-7-8-9-10-15-11-13-16(17)14-12-15/h16-17H,2-15,18H2,1H3;15-16H,2-14,17H2,1H3. The van der Waals surface area contributed by atoms with Crippen molar-refractivity contribution in [3.63, 3.8) is 0 Å². The quantitative estimate of drug-likeness (QED) is 0.176. The maximum atomic E-state index is 5.94. The molecular formula is C33H68N2. The van der Waals surface area contributed by atoms with Crippen LogP contribution in [0, 0.1) is 11.8 Å². The third-order valence-corrected chi connectivity index (χ3v) is 8.96. The molecule has 2 rings (SSSR count). The molecule has 210 valence electrons. The van der Waals surface area contributed by atoms with E-state index in [-0.39, 0.29) is 0 Å². The van der Waals surface area contributed by atoms with Crippen molar-refractivity contribution >= 4 is 0 Å². The first kappa shape index (κ1) is 32.9. The lowest BCUT2D eigenvalue weighted by molar-refractivity contribution is 0.302. The molecule has 0 radical (unpaired) electrons. The highest BCUT2D eigenvalue weighted by molar-refractivity contribution is 4.75. The molecule has 2 aliphatic carbocycles. The van der Waals surface area contributed by atoms with Crippen molar-refractivity contribution in [2.45, 2.75) is 199 Å². The van der Waals surface area contributed by atoms with E-state index in [1.165, 1.54) is 173 Å². The Morgan fingerprint density at radius 2 is 0.629 bits per heavy atom. The van der Waals surface area contributed by atoms with Crippen LogP contribution in [0.25, 0.3) is 0 Å². The summed E-state index contributed by atoms with van der Waals surface area (Å²) >= 11 is 0. The van der Waals surface area contributed by atoms with Gasteiger partial charge >= 0.3 is 0 Å². The van der Waals surface area contributed by atoms with Crippen LogP contribution in [0.3, 0.4) is 0 Å². The van der Waals surface area contributed by atoms with Crippen molar-refractivity contribution in [2.75, 3.05) is 0 Å². The van der Waals surface area contributed by atoms with Gasteiger partial charge in [0.05, 0.1) is 0 Å². The molecule has 0 aliphatic heterocycles. The molecule has 0 bridgehead atoms. The van der Waals surface area contributed by atoms with E-state index in [0.29, 0.717) is 12.1 Å². The minimum atomic E-state index is 0.518. The highest BCUT2D eigenvalue weighted by atomic mass is 14.6. The van der Waals surface area contributed by atoms with Crippen LogP contribution in [0.1, 0.15) is 187 Å². The number of rotatable bonds is 19. The maximum Gasteiger partial charge on any atom is 0.00390 e. The Labute approximate surface area is 222 Å². The van der Waals surface area contributed by atoms with Crippen LogP contribution < -0.4 is 11.5 Å². The Morgan fingerprint density at radius 3 is 0.914 bits per heavy atom. The molecule has 2 heteroatoms. The Bertz CT molecular complexity index is 407. The predicted molar refractivity (Wildman–Crippen MR) is 159 cm³/mol. The lowest BCUT2D eigenvalue weighted by atomic mass is 9.83. The first-order chi connectivity index (χ1) is 17.2. The van der Waals surface area contributed by atoms with E-state index in [1.54, 1.807) is 0 Å². The van der Waals surface area contributed by atoms with Crippen LogP contribution in [0.15, 0.2) is 0 Å². The number of hydrogen-bond acceptors (Lipinski definition) is 2. The van der Waals surface area contributed by atoms with E-state index in [1.807, 2.05) is 0 Å². The summed E-state index contributed by atoms with van der Waals surface area (Å²) in [5.74, 6) is 2.02. The molecule has 35 heavy (non-hydrogen) atoms. The van der Waals surface area contributed by atoms with Crippen LogP contribution in [-0.2, 0) is 0 Å². The van der Waals surface area contributed by atoms with Crippen LogP contribution in [0.4, 0.5) is 0 Å². The zero-order chi connectivity index (χ0) is 25.4. The average molecular weight is 493 g/mol. The minimum Gasteiger partial charge on any atom is -0.328 e. The van der Waals surface area contributed by atoms with Gasteiger partial charge in [0.1, 0.15) is 0 Å². The molecule has 0 unspecified atom stereocenters. The van der Waals surface area contributed by atoms with Gasteiger partial charge in [-0.3, -0.25) is 0 Å². The zero-order valence-electron chi connectivity index (χ0n) is 24.6. The maximum absolute atomic E-state index is 5.94. The first-order valence-corrected chi connectivity index (χ1v) is 16.7. The van der Waals surface area contributed by atoms with Gasteiger partial charge in [-0.2, -0.15) is 0 Å². The van der Waals surface area contributed by atoms with Crippen LogP contribution >= 0.6 is 0 Å². The molecule has 2 fully saturated rings. The second kappa shape index (κ2) is 24.3. The Balaban J connectivity index is 0.000000351. The van der Waals surface area contributed by atoms with E-state index in [4.69, 9.17) is 11.5 Å². The highest BCUT2D eigenvalue weighted by Crippen LogP contribution is 2.28. The van der Waals surface area contributed by atoms with Crippen molar-refractivity contribution in [1.82, 2.24) is 0 Å². The lowest BCUT2D eigenvalue weighted by Gasteiger charge is -2.25. The molecule has 2 saturated carbocycles. The van der Waals surface area contributed by atoms with Crippen molar-refractivity contribution in [3.05, 3.63) is 0 Å². The van der Waals surface area contributed by atoms with Crippen LogP contribution in [0.2, 0.25) is 0 Å². The average Bonchev–Trinajstić information content (AvgIpc) is 2.87. The summed E-state index contributed by atoms with van der Waals surface area (Å²) in [6.07, 6.45) is 38.3. The van der Waals surface area contributed by atoms with Crippen LogP contribution in [-0.4, -0.2) is 12.1 Å². The summed E-state index contributed by atoms with van der Waals surface area (Å²) in [7, 11) is 0. The first-order valence-electron chi connectivity index (χ1n) is 16.7. The fourth-order valence-electron chi connectivity index (χ4n) is 6.26. The van der Waals surface area contributed by atoms with Gasteiger partial charge in [0.15, 0.2) is 0 Å². The van der Waals surface area contributed by atoms with Gasteiger partial charge in [-0.1, -0.05) is 136 Å².